The Morgan fingerprint density at radius 1 is 1.50 bits per heavy atom. The zero-order valence-electron chi connectivity index (χ0n) is 7.97. The Labute approximate surface area is 90.8 Å². The number of nitrogens with zero attached hydrogens (tertiary/aromatic N) is 1. The third-order valence-corrected chi connectivity index (χ3v) is 3.05. The summed E-state index contributed by atoms with van der Waals surface area (Å²) < 4.78 is 1.09. The molecule has 0 unspecified atom stereocenters. The summed E-state index contributed by atoms with van der Waals surface area (Å²) in [6.07, 6.45) is 0.797. The summed E-state index contributed by atoms with van der Waals surface area (Å²) in [7, 11) is 0. The van der Waals surface area contributed by atoms with Crippen LogP contribution in [0.25, 0.3) is 11.0 Å². The molecule has 1 heterocycles. The Balaban J connectivity index is 2.54. The first kappa shape index (κ1) is 9.68. The van der Waals surface area contributed by atoms with E-state index in [0.717, 1.165) is 27.8 Å². The number of halogens is 1. The molecule has 4 heteroatoms. The second-order valence-electron chi connectivity index (χ2n) is 3.34. The second kappa shape index (κ2) is 3.71. The molecule has 0 amide bonds. The van der Waals surface area contributed by atoms with Gasteiger partial charge in [-0.3, -0.25) is 0 Å². The highest BCUT2D eigenvalue weighted by Crippen LogP contribution is 2.22. The average molecular weight is 254 g/mol. The van der Waals surface area contributed by atoms with Gasteiger partial charge in [-0.25, -0.2) is 4.98 Å². The van der Waals surface area contributed by atoms with Crippen LogP contribution in [-0.4, -0.2) is 16.5 Å². The second-order valence-corrected chi connectivity index (χ2v) is 4.20. The quantitative estimate of drug-likeness (QED) is 0.862. The number of rotatable bonds is 2. The minimum Gasteiger partial charge on any atom is -0.342 e. The van der Waals surface area contributed by atoms with Crippen molar-refractivity contribution < 1.29 is 0 Å². The zero-order chi connectivity index (χ0) is 10.1. The van der Waals surface area contributed by atoms with Gasteiger partial charge in [0.15, 0.2) is 0 Å². The Bertz CT molecular complexity index is 423. The van der Waals surface area contributed by atoms with Crippen LogP contribution in [0.5, 0.6) is 0 Å². The number of nitrogens with two attached hydrogens (primary N) is 1. The van der Waals surface area contributed by atoms with Gasteiger partial charge in [-0.05, 0) is 31.2 Å². The number of aromatic nitrogens is 2. The maximum Gasteiger partial charge on any atom is 0.108 e. The number of aryl methyl sites for hydroxylation is 1. The Morgan fingerprint density at radius 3 is 3.00 bits per heavy atom. The molecule has 0 aliphatic rings. The maximum absolute atomic E-state index is 5.47. The molecule has 0 aliphatic carbocycles. The van der Waals surface area contributed by atoms with Gasteiger partial charge in [-0.2, -0.15) is 0 Å². The SMILES string of the molecule is Cc1cc2[nH]c(CCN)nc2cc1Br. The molecule has 3 nitrogen and oxygen atoms in total. The first-order valence-corrected chi connectivity index (χ1v) is 5.35. The number of aromatic amines is 1. The van der Waals surface area contributed by atoms with Crippen LogP contribution in [-0.2, 0) is 6.42 Å². The van der Waals surface area contributed by atoms with Crippen molar-refractivity contribution in [2.24, 2.45) is 5.73 Å². The van der Waals surface area contributed by atoms with Gasteiger partial charge in [0.05, 0.1) is 11.0 Å². The van der Waals surface area contributed by atoms with Crippen molar-refractivity contribution in [3.8, 4) is 0 Å². The van der Waals surface area contributed by atoms with Crippen molar-refractivity contribution in [3.63, 3.8) is 0 Å². The summed E-state index contributed by atoms with van der Waals surface area (Å²) in [6, 6.07) is 4.12. The van der Waals surface area contributed by atoms with Crippen molar-refractivity contribution >= 4 is 27.0 Å². The molecule has 0 fully saturated rings. The van der Waals surface area contributed by atoms with E-state index < -0.39 is 0 Å². The Hall–Kier alpha value is -0.870. The van der Waals surface area contributed by atoms with Crippen LogP contribution in [0, 0.1) is 6.92 Å². The van der Waals surface area contributed by atoms with Gasteiger partial charge in [0.1, 0.15) is 5.82 Å². The molecule has 14 heavy (non-hydrogen) atoms. The van der Waals surface area contributed by atoms with Crippen LogP contribution in [0.4, 0.5) is 0 Å². The van der Waals surface area contributed by atoms with E-state index in [1.165, 1.54) is 5.56 Å². The van der Waals surface area contributed by atoms with E-state index in [2.05, 4.69) is 38.9 Å². The van der Waals surface area contributed by atoms with E-state index in [0.29, 0.717) is 6.54 Å². The number of hydrogen-bond acceptors (Lipinski definition) is 2. The lowest BCUT2D eigenvalue weighted by molar-refractivity contribution is 0.900. The largest absolute Gasteiger partial charge is 0.342 e. The molecule has 2 aromatic rings. The fourth-order valence-electron chi connectivity index (χ4n) is 1.45. The number of fused-ring (bicyclic) bond motifs is 1. The number of nitrogens with one attached hydrogen (secondary N) is 1. The highest BCUT2D eigenvalue weighted by molar-refractivity contribution is 9.10. The van der Waals surface area contributed by atoms with Gasteiger partial charge in [-0.15, -0.1) is 0 Å². The molecule has 2 rings (SSSR count). The predicted molar refractivity (Wildman–Crippen MR) is 61.3 cm³/mol. The molecule has 0 saturated heterocycles. The molecular weight excluding hydrogens is 242 g/mol. The van der Waals surface area contributed by atoms with E-state index in [9.17, 15) is 0 Å². The van der Waals surface area contributed by atoms with Crippen molar-refractivity contribution in [3.05, 3.63) is 28.0 Å². The number of hydrogen-bond donors (Lipinski definition) is 2. The van der Waals surface area contributed by atoms with Gasteiger partial charge in [0.2, 0.25) is 0 Å². The van der Waals surface area contributed by atoms with Gasteiger partial charge in [0.25, 0.3) is 0 Å². The third kappa shape index (κ3) is 1.67. The molecule has 0 spiro atoms. The summed E-state index contributed by atoms with van der Waals surface area (Å²) in [6.45, 7) is 2.69. The lowest BCUT2D eigenvalue weighted by Crippen LogP contribution is -2.03. The van der Waals surface area contributed by atoms with E-state index in [-0.39, 0.29) is 0 Å². The summed E-state index contributed by atoms with van der Waals surface area (Å²) in [5.74, 6) is 0.958. The highest BCUT2D eigenvalue weighted by atomic mass is 79.9. The van der Waals surface area contributed by atoms with E-state index in [1.54, 1.807) is 0 Å². The van der Waals surface area contributed by atoms with Crippen LogP contribution in [0.1, 0.15) is 11.4 Å². The van der Waals surface area contributed by atoms with Crippen LogP contribution in [0.15, 0.2) is 16.6 Å². The summed E-state index contributed by atoms with van der Waals surface area (Å²) in [5, 5.41) is 0. The molecule has 0 bridgehead atoms. The molecule has 3 N–H and O–H groups in total. The number of H-pyrrole nitrogens is 1. The molecule has 0 radical (unpaired) electrons. The standard InChI is InChI=1S/C10H12BrN3/c1-6-4-8-9(5-7(6)11)14-10(13-8)2-3-12/h4-5H,2-3,12H2,1H3,(H,13,14). The summed E-state index contributed by atoms with van der Waals surface area (Å²) in [5.41, 5.74) is 8.75. The average Bonchev–Trinajstić information content (AvgIpc) is 2.48. The van der Waals surface area contributed by atoms with Gasteiger partial charge in [-0.1, -0.05) is 15.9 Å². The molecule has 0 aliphatic heterocycles. The number of imidazole rings is 1. The fraction of sp³-hybridized carbons (Fsp3) is 0.300. The Morgan fingerprint density at radius 2 is 2.29 bits per heavy atom. The molecule has 0 atom stereocenters. The van der Waals surface area contributed by atoms with E-state index in [4.69, 9.17) is 5.73 Å². The fourth-order valence-corrected chi connectivity index (χ4v) is 1.78. The van der Waals surface area contributed by atoms with E-state index in [1.807, 2.05) is 6.07 Å². The minimum atomic E-state index is 0.625. The minimum absolute atomic E-state index is 0.625. The van der Waals surface area contributed by atoms with Gasteiger partial charge >= 0.3 is 0 Å². The lowest BCUT2D eigenvalue weighted by Gasteiger charge is -1.95. The van der Waals surface area contributed by atoms with Crippen molar-refractivity contribution in [1.29, 1.82) is 0 Å². The summed E-state index contributed by atoms with van der Waals surface area (Å²) in [4.78, 5) is 7.69. The van der Waals surface area contributed by atoms with Crippen molar-refractivity contribution in [2.45, 2.75) is 13.3 Å². The third-order valence-electron chi connectivity index (χ3n) is 2.19. The molecular formula is C10H12BrN3. The first-order valence-electron chi connectivity index (χ1n) is 4.55. The van der Waals surface area contributed by atoms with Crippen LogP contribution >= 0.6 is 15.9 Å². The van der Waals surface area contributed by atoms with Crippen molar-refractivity contribution in [1.82, 2.24) is 9.97 Å². The maximum atomic E-state index is 5.47. The highest BCUT2D eigenvalue weighted by Gasteiger charge is 2.04. The molecule has 0 saturated carbocycles. The smallest absolute Gasteiger partial charge is 0.108 e. The predicted octanol–water partition coefficient (Wildman–Crippen LogP) is 2.14. The van der Waals surface area contributed by atoms with Crippen LogP contribution in [0.2, 0.25) is 0 Å². The lowest BCUT2D eigenvalue weighted by atomic mass is 10.2. The topological polar surface area (TPSA) is 54.7 Å². The molecule has 1 aromatic heterocycles. The van der Waals surface area contributed by atoms with Crippen LogP contribution in [0.3, 0.4) is 0 Å². The normalized spacial score (nSPS) is 11.1. The summed E-state index contributed by atoms with van der Waals surface area (Å²) >= 11 is 3.49. The van der Waals surface area contributed by atoms with E-state index >= 15 is 0 Å². The van der Waals surface area contributed by atoms with Crippen LogP contribution < -0.4 is 5.73 Å². The van der Waals surface area contributed by atoms with Crippen molar-refractivity contribution in [2.75, 3.05) is 6.54 Å². The van der Waals surface area contributed by atoms with Gasteiger partial charge in [0, 0.05) is 10.9 Å². The monoisotopic (exact) mass is 253 g/mol. The molecule has 1 aromatic carbocycles. The molecule has 74 valence electrons. The zero-order valence-corrected chi connectivity index (χ0v) is 9.56. The number of benzene rings is 1. The first-order chi connectivity index (χ1) is 6.70. The Kier molecular flexibility index (Phi) is 2.56. The van der Waals surface area contributed by atoms with Gasteiger partial charge < -0.3 is 10.7 Å².